The summed E-state index contributed by atoms with van der Waals surface area (Å²) >= 11 is 0. The van der Waals surface area contributed by atoms with Gasteiger partial charge in [-0.05, 0) is 42.8 Å². The number of nitrogens with zero attached hydrogens (tertiary/aromatic N) is 5. The standard InChI is InChI=1S/C22H29N7O2/c1-4-20-28-27-16-29(20)13-12-25-22(23-3)26-15-17-10-11-24-21(14-17)31-19-8-6-18(7-9-19)30-5-2/h6-11,14,16H,4-5,12-13,15H2,1-3H3,(H2,23,25,26). The van der Waals surface area contributed by atoms with Crippen LogP contribution in [0, 0.1) is 0 Å². The lowest BCUT2D eigenvalue weighted by molar-refractivity contribution is 0.339. The average Bonchev–Trinajstić information content (AvgIpc) is 3.25. The topological polar surface area (TPSA) is 98.5 Å². The molecule has 3 aromatic rings. The molecular weight excluding hydrogens is 394 g/mol. The summed E-state index contributed by atoms with van der Waals surface area (Å²) in [6.07, 6.45) is 4.34. The van der Waals surface area contributed by atoms with Gasteiger partial charge in [-0.3, -0.25) is 4.99 Å². The quantitative estimate of drug-likeness (QED) is 0.382. The molecule has 0 aliphatic rings. The molecule has 0 bridgehead atoms. The molecule has 164 valence electrons. The van der Waals surface area contributed by atoms with Crippen molar-refractivity contribution in [3.63, 3.8) is 0 Å². The van der Waals surface area contributed by atoms with E-state index in [1.54, 1.807) is 19.6 Å². The Balaban J connectivity index is 1.49. The Hall–Kier alpha value is -3.62. The molecule has 0 fully saturated rings. The number of pyridine rings is 1. The van der Waals surface area contributed by atoms with E-state index in [1.807, 2.05) is 47.9 Å². The first-order chi connectivity index (χ1) is 15.2. The predicted molar refractivity (Wildman–Crippen MR) is 120 cm³/mol. The summed E-state index contributed by atoms with van der Waals surface area (Å²) in [4.78, 5) is 8.57. The van der Waals surface area contributed by atoms with E-state index in [9.17, 15) is 0 Å². The molecule has 0 amide bonds. The van der Waals surface area contributed by atoms with Crippen LogP contribution in [0.5, 0.6) is 17.4 Å². The molecule has 0 radical (unpaired) electrons. The Labute approximate surface area is 182 Å². The zero-order chi connectivity index (χ0) is 21.9. The number of hydrogen-bond acceptors (Lipinski definition) is 6. The summed E-state index contributed by atoms with van der Waals surface area (Å²) < 4.78 is 13.3. The molecule has 9 nitrogen and oxygen atoms in total. The van der Waals surface area contributed by atoms with Gasteiger partial charge in [0.1, 0.15) is 23.7 Å². The van der Waals surface area contributed by atoms with Gasteiger partial charge in [0.25, 0.3) is 0 Å². The van der Waals surface area contributed by atoms with Crippen molar-refractivity contribution in [3.8, 4) is 17.4 Å². The Morgan fingerprint density at radius 2 is 1.90 bits per heavy atom. The number of aromatic nitrogens is 4. The van der Waals surface area contributed by atoms with Gasteiger partial charge in [-0.2, -0.15) is 0 Å². The van der Waals surface area contributed by atoms with Crippen LogP contribution in [0.4, 0.5) is 0 Å². The van der Waals surface area contributed by atoms with E-state index in [0.29, 0.717) is 31.3 Å². The SMILES string of the molecule is CCOc1ccc(Oc2cc(CNC(=NC)NCCn3cnnc3CC)ccn2)cc1. The van der Waals surface area contributed by atoms with Crippen molar-refractivity contribution in [2.45, 2.75) is 33.4 Å². The maximum atomic E-state index is 5.86. The van der Waals surface area contributed by atoms with Crippen molar-refractivity contribution in [3.05, 3.63) is 60.3 Å². The van der Waals surface area contributed by atoms with Gasteiger partial charge in [-0.15, -0.1) is 10.2 Å². The number of nitrogens with one attached hydrogen (secondary N) is 2. The van der Waals surface area contributed by atoms with E-state index >= 15 is 0 Å². The molecule has 31 heavy (non-hydrogen) atoms. The van der Waals surface area contributed by atoms with Gasteiger partial charge >= 0.3 is 0 Å². The van der Waals surface area contributed by atoms with Gasteiger partial charge in [-0.25, -0.2) is 4.98 Å². The molecule has 0 spiro atoms. The third kappa shape index (κ3) is 6.70. The molecule has 9 heteroatoms. The molecule has 0 atom stereocenters. The second-order valence-electron chi connectivity index (χ2n) is 6.66. The molecule has 3 rings (SSSR count). The molecule has 0 aliphatic heterocycles. The van der Waals surface area contributed by atoms with Gasteiger partial charge < -0.3 is 24.7 Å². The second-order valence-corrected chi connectivity index (χ2v) is 6.66. The Morgan fingerprint density at radius 3 is 2.65 bits per heavy atom. The highest BCUT2D eigenvalue weighted by Gasteiger charge is 2.05. The van der Waals surface area contributed by atoms with Crippen LogP contribution in [0.1, 0.15) is 25.2 Å². The zero-order valence-corrected chi connectivity index (χ0v) is 18.2. The van der Waals surface area contributed by atoms with Crippen molar-refractivity contribution < 1.29 is 9.47 Å². The summed E-state index contributed by atoms with van der Waals surface area (Å²) in [7, 11) is 1.75. The third-order valence-corrected chi connectivity index (χ3v) is 4.50. The lowest BCUT2D eigenvalue weighted by atomic mass is 10.2. The molecule has 2 aromatic heterocycles. The highest BCUT2D eigenvalue weighted by atomic mass is 16.5. The van der Waals surface area contributed by atoms with Crippen LogP contribution in [-0.4, -0.2) is 45.9 Å². The summed E-state index contributed by atoms with van der Waals surface area (Å²) in [6, 6.07) is 11.3. The van der Waals surface area contributed by atoms with Crippen molar-refractivity contribution in [1.82, 2.24) is 30.4 Å². The second kappa shape index (κ2) is 11.5. The van der Waals surface area contributed by atoms with Crippen LogP contribution in [-0.2, 0) is 19.5 Å². The van der Waals surface area contributed by atoms with Crippen molar-refractivity contribution in [2.24, 2.45) is 4.99 Å². The first kappa shape index (κ1) is 22.1. The molecule has 2 heterocycles. The number of aryl methyl sites for hydroxylation is 1. The van der Waals surface area contributed by atoms with Crippen LogP contribution < -0.4 is 20.1 Å². The molecule has 2 N–H and O–H groups in total. The maximum Gasteiger partial charge on any atom is 0.219 e. The van der Waals surface area contributed by atoms with E-state index in [-0.39, 0.29) is 0 Å². The highest BCUT2D eigenvalue weighted by Crippen LogP contribution is 2.23. The largest absolute Gasteiger partial charge is 0.494 e. The van der Waals surface area contributed by atoms with E-state index in [4.69, 9.17) is 9.47 Å². The fraction of sp³-hybridized carbons (Fsp3) is 0.364. The van der Waals surface area contributed by atoms with E-state index in [0.717, 1.165) is 36.1 Å². The Kier molecular flexibility index (Phi) is 8.21. The maximum absolute atomic E-state index is 5.86. The Morgan fingerprint density at radius 1 is 1.10 bits per heavy atom. The fourth-order valence-corrected chi connectivity index (χ4v) is 2.95. The number of guanidine groups is 1. The number of hydrogen-bond donors (Lipinski definition) is 2. The monoisotopic (exact) mass is 423 g/mol. The molecule has 1 aromatic carbocycles. The van der Waals surface area contributed by atoms with E-state index < -0.39 is 0 Å². The predicted octanol–water partition coefficient (Wildman–Crippen LogP) is 2.79. The van der Waals surface area contributed by atoms with Crippen LogP contribution >= 0.6 is 0 Å². The van der Waals surface area contributed by atoms with Gasteiger partial charge in [0.05, 0.1) is 6.61 Å². The average molecular weight is 424 g/mol. The van der Waals surface area contributed by atoms with Crippen molar-refractivity contribution in [1.29, 1.82) is 0 Å². The lowest BCUT2D eigenvalue weighted by Gasteiger charge is -2.13. The molecule has 0 unspecified atom stereocenters. The van der Waals surface area contributed by atoms with Crippen LogP contribution in [0.2, 0.25) is 0 Å². The van der Waals surface area contributed by atoms with Crippen LogP contribution in [0.15, 0.2) is 53.9 Å². The highest BCUT2D eigenvalue weighted by molar-refractivity contribution is 5.79. The van der Waals surface area contributed by atoms with Gasteiger partial charge in [-0.1, -0.05) is 6.92 Å². The number of ether oxygens (including phenoxy) is 2. The number of rotatable bonds is 10. The fourth-order valence-electron chi connectivity index (χ4n) is 2.95. The Bertz CT molecular complexity index is 970. The summed E-state index contributed by atoms with van der Waals surface area (Å²) in [5.74, 6) is 3.75. The molecule has 0 saturated carbocycles. The van der Waals surface area contributed by atoms with Gasteiger partial charge in [0.2, 0.25) is 5.88 Å². The van der Waals surface area contributed by atoms with Gasteiger partial charge in [0.15, 0.2) is 5.96 Å². The molecule has 0 aliphatic carbocycles. The minimum absolute atomic E-state index is 0.533. The minimum Gasteiger partial charge on any atom is -0.494 e. The lowest BCUT2D eigenvalue weighted by Crippen LogP contribution is -2.38. The summed E-state index contributed by atoms with van der Waals surface area (Å²) in [5, 5.41) is 14.7. The smallest absolute Gasteiger partial charge is 0.219 e. The van der Waals surface area contributed by atoms with Gasteiger partial charge in [0, 0.05) is 45.4 Å². The van der Waals surface area contributed by atoms with Crippen LogP contribution in [0.3, 0.4) is 0 Å². The van der Waals surface area contributed by atoms with Crippen molar-refractivity contribution >= 4 is 5.96 Å². The minimum atomic E-state index is 0.533. The van der Waals surface area contributed by atoms with E-state index in [2.05, 4.69) is 37.7 Å². The number of benzene rings is 1. The first-order valence-electron chi connectivity index (χ1n) is 10.4. The normalized spacial score (nSPS) is 11.3. The summed E-state index contributed by atoms with van der Waals surface area (Å²) in [5.41, 5.74) is 1.03. The van der Waals surface area contributed by atoms with E-state index in [1.165, 1.54) is 0 Å². The van der Waals surface area contributed by atoms with Crippen LogP contribution in [0.25, 0.3) is 0 Å². The number of aliphatic imine (C=N–C) groups is 1. The summed E-state index contributed by atoms with van der Waals surface area (Å²) in [6.45, 7) is 6.73. The first-order valence-corrected chi connectivity index (χ1v) is 10.4. The molecular formula is C22H29N7O2. The zero-order valence-electron chi connectivity index (χ0n) is 18.2. The third-order valence-electron chi connectivity index (χ3n) is 4.50. The molecule has 0 saturated heterocycles. The van der Waals surface area contributed by atoms with Crippen molar-refractivity contribution in [2.75, 3.05) is 20.2 Å².